The van der Waals surface area contributed by atoms with Crippen LogP contribution in [0.5, 0.6) is 0 Å². The minimum absolute atomic E-state index is 0.648. The molecule has 20 heavy (non-hydrogen) atoms. The lowest BCUT2D eigenvalue weighted by molar-refractivity contribution is 1.10. The molecule has 0 atom stereocenters. The van der Waals surface area contributed by atoms with E-state index in [2.05, 4.69) is 33.5 Å². The summed E-state index contributed by atoms with van der Waals surface area (Å²) in [4.78, 5) is 8.85. The third-order valence-electron chi connectivity index (χ3n) is 3.23. The Kier molecular flexibility index (Phi) is 3.21. The Hall–Kier alpha value is -2.62. The predicted molar refractivity (Wildman–Crippen MR) is 82.5 cm³/mol. The molecule has 0 fully saturated rings. The maximum atomic E-state index is 5.93. The molecule has 3 rings (SSSR count). The van der Waals surface area contributed by atoms with Gasteiger partial charge in [0.1, 0.15) is 5.82 Å². The van der Waals surface area contributed by atoms with E-state index < -0.39 is 0 Å². The van der Waals surface area contributed by atoms with Crippen LogP contribution in [0.4, 0.5) is 11.5 Å². The van der Waals surface area contributed by atoms with Crippen molar-refractivity contribution >= 4 is 22.4 Å². The number of aryl methyl sites for hydroxylation is 1. The van der Waals surface area contributed by atoms with Crippen LogP contribution in [0.2, 0.25) is 0 Å². The SMILES string of the molecule is Cc1ccc(N)c(NCc2cccc3cccnc23)n1. The number of nitrogens with one attached hydrogen (secondary N) is 1. The zero-order valence-corrected chi connectivity index (χ0v) is 11.3. The van der Waals surface area contributed by atoms with E-state index in [1.54, 1.807) is 0 Å². The molecule has 0 aliphatic rings. The summed E-state index contributed by atoms with van der Waals surface area (Å²) in [6.45, 7) is 2.60. The smallest absolute Gasteiger partial charge is 0.149 e. The van der Waals surface area contributed by atoms with Gasteiger partial charge in [0.25, 0.3) is 0 Å². The Bertz CT molecular complexity index is 747. The van der Waals surface area contributed by atoms with Crippen LogP contribution in [0.1, 0.15) is 11.3 Å². The van der Waals surface area contributed by atoms with Gasteiger partial charge in [0.05, 0.1) is 11.2 Å². The van der Waals surface area contributed by atoms with Gasteiger partial charge in [-0.25, -0.2) is 4.98 Å². The number of anilines is 2. The Labute approximate surface area is 117 Å². The Morgan fingerprint density at radius 3 is 2.85 bits per heavy atom. The number of rotatable bonds is 3. The van der Waals surface area contributed by atoms with Gasteiger partial charge in [0.15, 0.2) is 0 Å². The third kappa shape index (κ3) is 2.40. The summed E-state index contributed by atoms with van der Waals surface area (Å²) >= 11 is 0. The van der Waals surface area contributed by atoms with Gasteiger partial charge < -0.3 is 11.1 Å². The average Bonchev–Trinajstić information content (AvgIpc) is 2.48. The van der Waals surface area contributed by atoms with E-state index in [1.807, 2.05) is 37.4 Å². The second kappa shape index (κ2) is 5.17. The lowest BCUT2D eigenvalue weighted by Gasteiger charge is -2.10. The van der Waals surface area contributed by atoms with Crippen LogP contribution in [-0.4, -0.2) is 9.97 Å². The number of fused-ring (bicyclic) bond motifs is 1. The number of benzene rings is 1. The molecule has 0 amide bonds. The number of nitrogens with zero attached hydrogens (tertiary/aromatic N) is 2. The molecular formula is C16H16N4. The first-order valence-electron chi connectivity index (χ1n) is 6.53. The summed E-state index contributed by atoms with van der Waals surface area (Å²) in [6.07, 6.45) is 1.81. The molecule has 3 aromatic rings. The highest BCUT2D eigenvalue weighted by Crippen LogP contribution is 2.19. The maximum absolute atomic E-state index is 5.93. The topological polar surface area (TPSA) is 63.8 Å². The van der Waals surface area contributed by atoms with E-state index in [1.165, 1.54) is 0 Å². The maximum Gasteiger partial charge on any atom is 0.149 e. The molecule has 0 unspecified atom stereocenters. The zero-order chi connectivity index (χ0) is 13.9. The van der Waals surface area contributed by atoms with Crippen molar-refractivity contribution in [3.05, 3.63) is 59.9 Å². The number of pyridine rings is 2. The van der Waals surface area contributed by atoms with Crippen molar-refractivity contribution in [2.45, 2.75) is 13.5 Å². The first-order valence-corrected chi connectivity index (χ1v) is 6.53. The van der Waals surface area contributed by atoms with Gasteiger partial charge >= 0.3 is 0 Å². The fraction of sp³-hybridized carbons (Fsp3) is 0.125. The molecule has 0 aliphatic carbocycles. The van der Waals surface area contributed by atoms with Crippen molar-refractivity contribution in [1.29, 1.82) is 0 Å². The van der Waals surface area contributed by atoms with Crippen molar-refractivity contribution in [3.8, 4) is 0 Å². The van der Waals surface area contributed by atoms with Gasteiger partial charge in [-0.05, 0) is 30.7 Å². The largest absolute Gasteiger partial charge is 0.396 e. The van der Waals surface area contributed by atoms with Crippen LogP contribution in [0.15, 0.2) is 48.7 Å². The highest BCUT2D eigenvalue weighted by molar-refractivity contribution is 5.81. The van der Waals surface area contributed by atoms with Gasteiger partial charge in [0.2, 0.25) is 0 Å². The number of hydrogen-bond donors (Lipinski definition) is 2. The van der Waals surface area contributed by atoms with Gasteiger partial charge in [-0.3, -0.25) is 4.98 Å². The lowest BCUT2D eigenvalue weighted by atomic mass is 10.1. The van der Waals surface area contributed by atoms with Crippen LogP contribution in [0, 0.1) is 6.92 Å². The van der Waals surface area contributed by atoms with E-state index in [-0.39, 0.29) is 0 Å². The van der Waals surface area contributed by atoms with E-state index >= 15 is 0 Å². The van der Waals surface area contributed by atoms with E-state index in [9.17, 15) is 0 Å². The first kappa shape index (κ1) is 12.4. The molecule has 0 radical (unpaired) electrons. The molecule has 0 saturated carbocycles. The summed E-state index contributed by atoms with van der Waals surface area (Å²) in [5, 5.41) is 4.42. The average molecular weight is 264 g/mol. The normalized spacial score (nSPS) is 10.7. The molecule has 0 saturated heterocycles. The van der Waals surface area contributed by atoms with Gasteiger partial charge in [-0.1, -0.05) is 24.3 Å². The second-order valence-corrected chi connectivity index (χ2v) is 4.74. The van der Waals surface area contributed by atoms with Crippen molar-refractivity contribution in [3.63, 3.8) is 0 Å². The molecular weight excluding hydrogens is 248 g/mol. The fourth-order valence-electron chi connectivity index (χ4n) is 2.20. The molecule has 4 nitrogen and oxygen atoms in total. The van der Waals surface area contributed by atoms with Crippen molar-refractivity contribution < 1.29 is 0 Å². The molecule has 4 heteroatoms. The van der Waals surface area contributed by atoms with Crippen LogP contribution in [0.3, 0.4) is 0 Å². The van der Waals surface area contributed by atoms with Crippen molar-refractivity contribution in [1.82, 2.24) is 9.97 Å². The zero-order valence-electron chi connectivity index (χ0n) is 11.3. The summed E-state index contributed by atoms with van der Waals surface area (Å²) in [5.41, 5.74) is 9.66. The predicted octanol–water partition coefficient (Wildman–Crippen LogP) is 3.13. The number of aromatic nitrogens is 2. The minimum Gasteiger partial charge on any atom is -0.396 e. The Morgan fingerprint density at radius 1 is 1.10 bits per heavy atom. The highest BCUT2D eigenvalue weighted by atomic mass is 15.0. The number of para-hydroxylation sites is 1. The molecule has 100 valence electrons. The molecule has 0 bridgehead atoms. The molecule has 0 spiro atoms. The number of hydrogen-bond acceptors (Lipinski definition) is 4. The van der Waals surface area contributed by atoms with Gasteiger partial charge in [-0.2, -0.15) is 0 Å². The minimum atomic E-state index is 0.648. The van der Waals surface area contributed by atoms with E-state index in [0.717, 1.165) is 28.0 Å². The second-order valence-electron chi connectivity index (χ2n) is 4.74. The molecule has 2 aromatic heterocycles. The number of nitrogens with two attached hydrogens (primary N) is 1. The molecule has 2 heterocycles. The van der Waals surface area contributed by atoms with E-state index in [4.69, 9.17) is 5.73 Å². The fourth-order valence-corrected chi connectivity index (χ4v) is 2.20. The first-order chi connectivity index (χ1) is 9.74. The van der Waals surface area contributed by atoms with Crippen LogP contribution >= 0.6 is 0 Å². The molecule has 0 aliphatic heterocycles. The monoisotopic (exact) mass is 264 g/mol. The molecule has 1 aromatic carbocycles. The van der Waals surface area contributed by atoms with Crippen LogP contribution in [-0.2, 0) is 6.54 Å². The molecule has 3 N–H and O–H groups in total. The Balaban J connectivity index is 1.89. The summed E-state index contributed by atoms with van der Waals surface area (Å²) in [7, 11) is 0. The summed E-state index contributed by atoms with van der Waals surface area (Å²) < 4.78 is 0. The van der Waals surface area contributed by atoms with Crippen LogP contribution < -0.4 is 11.1 Å². The van der Waals surface area contributed by atoms with Crippen molar-refractivity contribution in [2.75, 3.05) is 11.1 Å². The summed E-state index contributed by atoms with van der Waals surface area (Å²) in [6, 6.07) is 13.9. The Morgan fingerprint density at radius 2 is 1.95 bits per heavy atom. The van der Waals surface area contributed by atoms with Crippen molar-refractivity contribution in [2.24, 2.45) is 0 Å². The lowest BCUT2D eigenvalue weighted by Crippen LogP contribution is -2.06. The third-order valence-corrected chi connectivity index (χ3v) is 3.23. The van der Waals surface area contributed by atoms with Gasteiger partial charge in [-0.15, -0.1) is 0 Å². The van der Waals surface area contributed by atoms with Gasteiger partial charge in [0, 0.05) is 23.8 Å². The number of nitrogen functional groups attached to an aromatic ring is 1. The summed E-state index contributed by atoms with van der Waals surface area (Å²) in [5.74, 6) is 0.720. The van der Waals surface area contributed by atoms with E-state index in [0.29, 0.717) is 12.2 Å². The quantitative estimate of drug-likeness (QED) is 0.763. The van der Waals surface area contributed by atoms with Crippen LogP contribution in [0.25, 0.3) is 10.9 Å². The highest BCUT2D eigenvalue weighted by Gasteiger charge is 2.04. The standard InChI is InChI=1S/C16H16N4/c1-11-7-8-14(17)16(20-11)19-10-13-5-2-4-12-6-3-9-18-15(12)13/h2-9H,10,17H2,1H3,(H,19,20).